The number of anilines is 3. The number of piperazine rings is 1. The Labute approximate surface area is 190 Å². The van der Waals surface area contributed by atoms with Crippen LogP contribution in [0.1, 0.15) is 5.56 Å². The molecule has 1 aliphatic rings. The molecule has 2 heterocycles. The van der Waals surface area contributed by atoms with Gasteiger partial charge < -0.3 is 15.1 Å². The van der Waals surface area contributed by atoms with E-state index in [0.29, 0.717) is 56.6 Å². The highest BCUT2D eigenvalue weighted by Gasteiger charge is 2.30. The van der Waals surface area contributed by atoms with E-state index >= 15 is 0 Å². The third-order valence-corrected chi connectivity index (χ3v) is 5.08. The Morgan fingerprint density at radius 3 is 2.48 bits per heavy atom. The number of nitrogens with zero attached hydrogens (tertiary/aromatic N) is 5. The third-order valence-electron chi connectivity index (χ3n) is 5.08. The smallest absolute Gasteiger partial charge is 0.350 e. The summed E-state index contributed by atoms with van der Waals surface area (Å²) in [5, 5.41) is 3.04. The van der Waals surface area contributed by atoms with E-state index in [4.69, 9.17) is 6.42 Å². The van der Waals surface area contributed by atoms with Crippen LogP contribution in [0, 0.1) is 12.3 Å². The molecule has 1 aliphatic heterocycles. The Bertz CT molecular complexity index is 1010. The maximum absolute atomic E-state index is 12.8. The first-order valence-electron chi connectivity index (χ1n) is 10.4. The molecule has 174 valence electrons. The lowest BCUT2D eigenvalue weighted by Crippen LogP contribution is -2.48. The van der Waals surface area contributed by atoms with Gasteiger partial charge in [0, 0.05) is 56.9 Å². The fourth-order valence-electron chi connectivity index (χ4n) is 3.33. The number of carbonyl (C=O) groups is 1. The summed E-state index contributed by atoms with van der Waals surface area (Å²) < 4.78 is 38.4. The number of rotatable bonds is 7. The summed E-state index contributed by atoms with van der Waals surface area (Å²) in [5.41, 5.74) is -0.247. The van der Waals surface area contributed by atoms with Crippen LogP contribution in [0.3, 0.4) is 0 Å². The average Bonchev–Trinajstić information content (AvgIpc) is 2.79. The lowest BCUT2D eigenvalue weighted by atomic mass is 10.2. The molecule has 33 heavy (non-hydrogen) atoms. The molecule has 7 nitrogen and oxygen atoms in total. The fourth-order valence-corrected chi connectivity index (χ4v) is 3.33. The van der Waals surface area contributed by atoms with Crippen molar-refractivity contribution in [2.24, 2.45) is 0 Å². The quantitative estimate of drug-likeness (QED) is 0.509. The molecule has 1 aromatic carbocycles. The van der Waals surface area contributed by atoms with Crippen molar-refractivity contribution in [2.45, 2.75) is 6.18 Å². The van der Waals surface area contributed by atoms with Gasteiger partial charge in [0.1, 0.15) is 0 Å². The van der Waals surface area contributed by atoms with Crippen LogP contribution in [0.15, 0.2) is 48.8 Å². The minimum absolute atomic E-state index is 0.0639. The largest absolute Gasteiger partial charge is 0.416 e. The Morgan fingerprint density at radius 2 is 1.85 bits per heavy atom. The number of halogens is 3. The van der Waals surface area contributed by atoms with E-state index in [0.717, 1.165) is 12.1 Å². The summed E-state index contributed by atoms with van der Waals surface area (Å²) in [5.74, 6) is 3.50. The molecule has 1 N–H and O–H groups in total. The average molecular weight is 458 g/mol. The van der Waals surface area contributed by atoms with Crippen molar-refractivity contribution in [2.75, 3.05) is 56.5 Å². The lowest BCUT2D eigenvalue weighted by molar-refractivity contribution is -0.137. The zero-order valence-electron chi connectivity index (χ0n) is 18.2. The molecule has 1 fully saturated rings. The van der Waals surface area contributed by atoms with Crippen LogP contribution in [0.5, 0.6) is 0 Å². The Kier molecular flexibility index (Phi) is 7.90. The van der Waals surface area contributed by atoms with Crippen LogP contribution in [0.2, 0.25) is 0 Å². The molecule has 0 saturated carbocycles. The Morgan fingerprint density at radius 1 is 1.18 bits per heavy atom. The molecule has 0 aliphatic carbocycles. The first kappa shape index (κ1) is 24.1. The summed E-state index contributed by atoms with van der Waals surface area (Å²) in [4.78, 5) is 26.8. The van der Waals surface area contributed by atoms with Crippen molar-refractivity contribution in [1.29, 1.82) is 0 Å². The second kappa shape index (κ2) is 10.8. The second-order valence-corrected chi connectivity index (χ2v) is 7.54. The summed E-state index contributed by atoms with van der Waals surface area (Å²) in [7, 11) is 1.88. The van der Waals surface area contributed by atoms with Gasteiger partial charge in [-0.2, -0.15) is 13.2 Å². The van der Waals surface area contributed by atoms with Gasteiger partial charge >= 0.3 is 6.18 Å². The first-order valence-corrected chi connectivity index (χ1v) is 10.4. The number of carbonyl (C=O) groups excluding carboxylic acids is 1. The van der Waals surface area contributed by atoms with E-state index in [2.05, 4.69) is 21.2 Å². The number of hydrogen-bond donors (Lipinski definition) is 1. The zero-order chi connectivity index (χ0) is 23.8. The third kappa shape index (κ3) is 6.70. The molecule has 0 atom stereocenters. The molecule has 2 aromatic rings. The van der Waals surface area contributed by atoms with Gasteiger partial charge in [-0.3, -0.25) is 9.69 Å². The monoisotopic (exact) mass is 458 g/mol. The number of aromatic nitrogens is 2. The molecule has 0 radical (unpaired) electrons. The van der Waals surface area contributed by atoms with E-state index in [1.165, 1.54) is 18.3 Å². The Hall–Kier alpha value is -3.58. The van der Waals surface area contributed by atoms with Gasteiger partial charge in [0.25, 0.3) is 0 Å². The maximum atomic E-state index is 12.8. The minimum Gasteiger partial charge on any atom is -0.350 e. The SMILES string of the molecule is C#CCN(C)C/C=C/C(=O)N1CCN(c2nccnc2Nc2ccc(C(F)(F)F)cc2)CC1. The molecule has 3 rings (SSSR count). The van der Waals surface area contributed by atoms with Crippen molar-refractivity contribution in [3.63, 3.8) is 0 Å². The van der Waals surface area contributed by atoms with E-state index < -0.39 is 11.7 Å². The van der Waals surface area contributed by atoms with Crippen molar-refractivity contribution < 1.29 is 18.0 Å². The minimum atomic E-state index is -4.39. The van der Waals surface area contributed by atoms with Gasteiger partial charge in [-0.25, -0.2) is 9.97 Å². The summed E-state index contributed by atoms with van der Waals surface area (Å²) >= 11 is 0. The molecule has 1 aromatic heterocycles. The van der Waals surface area contributed by atoms with Crippen molar-refractivity contribution in [1.82, 2.24) is 19.8 Å². The number of benzene rings is 1. The Balaban J connectivity index is 1.59. The molecule has 1 saturated heterocycles. The van der Waals surface area contributed by atoms with E-state index in [9.17, 15) is 18.0 Å². The lowest BCUT2D eigenvalue weighted by Gasteiger charge is -2.35. The van der Waals surface area contributed by atoms with Gasteiger partial charge in [0.2, 0.25) is 5.91 Å². The van der Waals surface area contributed by atoms with Crippen molar-refractivity contribution >= 4 is 23.2 Å². The number of nitrogens with one attached hydrogen (secondary N) is 1. The number of likely N-dealkylation sites (N-methyl/N-ethyl adjacent to an activating group) is 1. The highest BCUT2D eigenvalue weighted by Crippen LogP contribution is 2.31. The summed E-state index contributed by atoms with van der Waals surface area (Å²) in [6.07, 6.45) is 7.29. The van der Waals surface area contributed by atoms with Crippen LogP contribution in [0.25, 0.3) is 0 Å². The van der Waals surface area contributed by atoms with Crippen LogP contribution >= 0.6 is 0 Å². The van der Waals surface area contributed by atoms with Gasteiger partial charge in [0.05, 0.1) is 12.1 Å². The highest BCUT2D eigenvalue weighted by atomic mass is 19.4. The predicted octanol–water partition coefficient (Wildman–Crippen LogP) is 3.01. The van der Waals surface area contributed by atoms with Crippen molar-refractivity contribution in [3.8, 4) is 12.3 Å². The highest BCUT2D eigenvalue weighted by molar-refractivity contribution is 5.87. The number of terminal acetylenes is 1. The molecule has 10 heteroatoms. The van der Waals surface area contributed by atoms with Crippen LogP contribution < -0.4 is 10.2 Å². The standard InChI is InChI=1S/C23H25F3N6O/c1-3-12-30(2)13-4-5-20(33)31-14-16-32(17-15-31)22-21(27-10-11-28-22)29-19-8-6-18(7-9-19)23(24,25)26/h1,4-11H,12-17H2,2H3,(H,27,29)/b5-4+. The first-order chi connectivity index (χ1) is 15.8. The fraction of sp³-hybridized carbons (Fsp3) is 0.348. The second-order valence-electron chi connectivity index (χ2n) is 7.54. The van der Waals surface area contributed by atoms with E-state index in [1.54, 1.807) is 23.2 Å². The molecule has 0 unspecified atom stereocenters. The van der Waals surface area contributed by atoms with Gasteiger partial charge in [-0.1, -0.05) is 12.0 Å². The molecule has 0 bridgehead atoms. The summed E-state index contributed by atoms with van der Waals surface area (Å²) in [6, 6.07) is 4.73. The number of amides is 1. The van der Waals surface area contributed by atoms with Crippen LogP contribution in [0.4, 0.5) is 30.5 Å². The van der Waals surface area contributed by atoms with Crippen LogP contribution in [-0.4, -0.2) is 72.0 Å². The molecular formula is C23H25F3N6O. The van der Waals surface area contributed by atoms with E-state index in [-0.39, 0.29) is 5.91 Å². The normalized spacial score (nSPS) is 14.5. The maximum Gasteiger partial charge on any atom is 0.416 e. The van der Waals surface area contributed by atoms with Gasteiger partial charge in [-0.15, -0.1) is 6.42 Å². The van der Waals surface area contributed by atoms with Gasteiger partial charge in [-0.05, 0) is 31.3 Å². The van der Waals surface area contributed by atoms with E-state index in [1.807, 2.05) is 16.8 Å². The number of alkyl halides is 3. The van der Waals surface area contributed by atoms with Crippen molar-refractivity contribution in [3.05, 3.63) is 54.4 Å². The topological polar surface area (TPSA) is 64.6 Å². The zero-order valence-corrected chi connectivity index (χ0v) is 18.2. The molecule has 1 amide bonds. The van der Waals surface area contributed by atoms with Gasteiger partial charge in [0.15, 0.2) is 11.6 Å². The number of hydrogen-bond acceptors (Lipinski definition) is 6. The molecular weight excluding hydrogens is 433 g/mol. The molecule has 0 spiro atoms. The predicted molar refractivity (Wildman–Crippen MR) is 121 cm³/mol. The summed E-state index contributed by atoms with van der Waals surface area (Å²) in [6.45, 7) is 3.24. The van der Waals surface area contributed by atoms with Crippen LogP contribution in [-0.2, 0) is 11.0 Å².